The number of fused-ring (bicyclic) bond motifs is 4. The summed E-state index contributed by atoms with van der Waals surface area (Å²) in [6.07, 6.45) is 3.62. The minimum absolute atomic E-state index is 0.116. The van der Waals surface area contributed by atoms with Crippen LogP contribution in [0.1, 0.15) is 5.56 Å². The molecule has 0 atom stereocenters. The highest BCUT2D eigenvalue weighted by atomic mass is 32.1. The molecule has 0 unspecified atom stereocenters. The molecule has 0 aliphatic carbocycles. The van der Waals surface area contributed by atoms with Crippen LogP contribution in [0.5, 0.6) is 0 Å². The van der Waals surface area contributed by atoms with E-state index in [0.29, 0.717) is 18.8 Å². The Morgan fingerprint density at radius 2 is 1.88 bits per heavy atom. The fraction of sp³-hybridized carbons (Fsp3) is 0.364. The second kappa shape index (κ2) is 7.95. The molecule has 0 bridgehead atoms. The van der Waals surface area contributed by atoms with Crippen LogP contribution in [0, 0.1) is 0 Å². The van der Waals surface area contributed by atoms with Gasteiger partial charge in [0.05, 0.1) is 34.7 Å². The van der Waals surface area contributed by atoms with E-state index in [2.05, 4.69) is 34.8 Å². The summed E-state index contributed by atoms with van der Waals surface area (Å²) in [6, 6.07) is 7.17. The van der Waals surface area contributed by atoms with Crippen LogP contribution in [0.3, 0.4) is 0 Å². The highest BCUT2D eigenvalue weighted by Gasteiger charge is 2.17. The maximum Gasteiger partial charge on any atom is 0.291 e. The quantitative estimate of drug-likeness (QED) is 0.267. The van der Waals surface area contributed by atoms with Crippen LogP contribution >= 0.6 is 11.3 Å². The Bertz CT molecular complexity index is 1490. The summed E-state index contributed by atoms with van der Waals surface area (Å²) in [5, 5.41) is 10.8. The first-order valence-electron chi connectivity index (χ1n) is 10.6. The summed E-state index contributed by atoms with van der Waals surface area (Å²) in [7, 11) is 0.758. The second-order valence-electron chi connectivity index (χ2n) is 9.28. The molecule has 0 saturated heterocycles. The Balaban J connectivity index is 1.44. The van der Waals surface area contributed by atoms with E-state index in [1.165, 1.54) is 16.0 Å². The van der Waals surface area contributed by atoms with Crippen LogP contribution in [0.15, 0.2) is 40.9 Å². The number of thiazole rings is 1. The van der Waals surface area contributed by atoms with E-state index in [1.807, 2.05) is 40.7 Å². The van der Waals surface area contributed by atoms with E-state index in [0.717, 1.165) is 44.9 Å². The van der Waals surface area contributed by atoms with Gasteiger partial charge in [0, 0.05) is 32.5 Å². The average molecular weight is 467 g/mol. The van der Waals surface area contributed by atoms with Crippen molar-refractivity contribution in [3.8, 4) is 0 Å². The van der Waals surface area contributed by atoms with Gasteiger partial charge in [-0.05, 0) is 17.7 Å². The van der Waals surface area contributed by atoms with Crippen LogP contribution in [0.25, 0.3) is 32.2 Å². The smallest absolute Gasteiger partial charge is 0.291 e. The third kappa shape index (κ3) is 3.68. The molecule has 5 aromatic rings. The molecule has 10 heteroatoms. The van der Waals surface area contributed by atoms with Crippen molar-refractivity contribution >= 4 is 51.6 Å². The van der Waals surface area contributed by atoms with E-state index in [1.54, 1.807) is 11.7 Å². The van der Waals surface area contributed by atoms with Crippen molar-refractivity contribution < 1.29 is 4.74 Å². The van der Waals surface area contributed by atoms with Gasteiger partial charge in [-0.15, -0.1) is 11.3 Å². The van der Waals surface area contributed by atoms with Gasteiger partial charge in [0.15, 0.2) is 5.65 Å². The first-order valence-corrected chi connectivity index (χ1v) is 15.2. The highest BCUT2D eigenvalue weighted by Crippen LogP contribution is 2.28. The Kier molecular flexibility index (Phi) is 5.23. The lowest BCUT2D eigenvalue weighted by Crippen LogP contribution is -2.24. The highest BCUT2D eigenvalue weighted by molar-refractivity contribution is 7.17. The average Bonchev–Trinajstić information content (AvgIpc) is 3.44. The molecule has 0 saturated carbocycles. The molecular formula is C22H26N6O2SSi. The molecule has 0 spiro atoms. The van der Waals surface area contributed by atoms with Gasteiger partial charge in [0.1, 0.15) is 12.2 Å². The van der Waals surface area contributed by atoms with Crippen LogP contribution in [-0.2, 0) is 25.1 Å². The number of hydrogen-bond donors (Lipinski definition) is 0. The van der Waals surface area contributed by atoms with Crippen molar-refractivity contribution in [3.63, 3.8) is 0 Å². The van der Waals surface area contributed by atoms with Crippen molar-refractivity contribution in [1.82, 2.24) is 29.1 Å². The lowest BCUT2D eigenvalue weighted by Gasteiger charge is -2.15. The van der Waals surface area contributed by atoms with Crippen molar-refractivity contribution in [2.75, 3.05) is 6.61 Å². The summed E-state index contributed by atoms with van der Waals surface area (Å²) < 4.78 is 12.1. The lowest BCUT2D eigenvalue weighted by atomic mass is 10.1. The van der Waals surface area contributed by atoms with Gasteiger partial charge < -0.3 is 9.30 Å². The molecule has 0 N–H and O–H groups in total. The maximum atomic E-state index is 13.2. The number of aromatic nitrogens is 6. The van der Waals surface area contributed by atoms with Gasteiger partial charge in [0.2, 0.25) is 0 Å². The molecule has 4 aromatic heterocycles. The van der Waals surface area contributed by atoms with Gasteiger partial charge in [-0.3, -0.25) is 4.79 Å². The van der Waals surface area contributed by atoms with Crippen LogP contribution in [0.2, 0.25) is 25.7 Å². The van der Waals surface area contributed by atoms with E-state index >= 15 is 0 Å². The van der Waals surface area contributed by atoms with Gasteiger partial charge in [-0.25, -0.2) is 14.3 Å². The van der Waals surface area contributed by atoms with Gasteiger partial charge in [0.25, 0.3) is 5.56 Å². The largest absolute Gasteiger partial charge is 0.360 e. The molecule has 0 fully saturated rings. The van der Waals surface area contributed by atoms with Crippen molar-refractivity contribution in [2.24, 2.45) is 7.05 Å². The number of benzene rings is 1. The number of aryl methyl sites for hydroxylation is 1. The van der Waals surface area contributed by atoms with E-state index < -0.39 is 8.07 Å². The molecule has 1 aromatic carbocycles. The molecule has 0 amide bonds. The molecule has 4 heterocycles. The van der Waals surface area contributed by atoms with E-state index in [4.69, 9.17) is 4.74 Å². The van der Waals surface area contributed by atoms with Crippen LogP contribution < -0.4 is 5.56 Å². The standard InChI is InChI=1S/C22H26N6O2SSi/c1-26-19-17(20-21(26)23-13-31-20)11-24-27(22(19)29)12-15-6-5-7-18-16(15)10-25-28(18)14-30-8-9-32(2,3)4/h5-7,10-11,13H,8-9,12,14H2,1-4H3. The van der Waals surface area contributed by atoms with Gasteiger partial charge in [-0.2, -0.15) is 10.2 Å². The molecule has 0 radical (unpaired) electrons. The zero-order valence-electron chi connectivity index (χ0n) is 18.7. The monoisotopic (exact) mass is 466 g/mol. The van der Waals surface area contributed by atoms with Gasteiger partial charge in [-0.1, -0.05) is 31.8 Å². The Morgan fingerprint density at radius 3 is 2.69 bits per heavy atom. The number of hydrogen-bond acceptors (Lipinski definition) is 6. The third-order valence-corrected chi connectivity index (χ3v) is 8.33. The minimum atomic E-state index is -1.12. The number of nitrogens with zero attached hydrogens (tertiary/aromatic N) is 6. The first-order chi connectivity index (χ1) is 15.3. The third-order valence-electron chi connectivity index (χ3n) is 5.77. The Hall–Kier alpha value is -2.82. The molecular weight excluding hydrogens is 440 g/mol. The minimum Gasteiger partial charge on any atom is -0.360 e. The predicted octanol–water partition coefficient (Wildman–Crippen LogP) is 4.06. The molecule has 32 heavy (non-hydrogen) atoms. The van der Waals surface area contributed by atoms with E-state index in [9.17, 15) is 4.79 Å². The lowest BCUT2D eigenvalue weighted by molar-refractivity contribution is 0.0817. The molecule has 8 nitrogen and oxygen atoms in total. The van der Waals surface area contributed by atoms with Crippen LogP contribution in [0.4, 0.5) is 0 Å². The normalized spacial score (nSPS) is 12.5. The van der Waals surface area contributed by atoms with Crippen molar-refractivity contribution in [2.45, 2.75) is 39.0 Å². The summed E-state index contributed by atoms with van der Waals surface area (Å²) in [5.41, 5.74) is 5.12. The predicted molar refractivity (Wildman–Crippen MR) is 131 cm³/mol. The van der Waals surface area contributed by atoms with Crippen LogP contribution in [-0.4, -0.2) is 43.8 Å². The Morgan fingerprint density at radius 1 is 1.09 bits per heavy atom. The molecule has 0 aliphatic heterocycles. The SMILES string of the molecule is Cn1c2ncsc2c2cnn(Cc3cccc4c3cnn4COCC[Si](C)(C)C)c(=O)c21. The van der Waals surface area contributed by atoms with Gasteiger partial charge >= 0.3 is 0 Å². The summed E-state index contributed by atoms with van der Waals surface area (Å²) >= 11 is 1.53. The molecule has 5 rings (SSSR count). The fourth-order valence-corrected chi connectivity index (χ4v) is 5.53. The summed E-state index contributed by atoms with van der Waals surface area (Å²) in [5.74, 6) is 0. The zero-order valence-corrected chi connectivity index (χ0v) is 20.5. The van der Waals surface area contributed by atoms with Crippen molar-refractivity contribution in [1.29, 1.82) is 0 Å². The van der Waals surface area contributed by atoms with E-state index in [-0.39, 0.29) is 5.56 Å². The van der Waals surface area contributed by atoms with Crippen molar-refractivity contribution in [3.05, 3.63) is 52.0 Å². The first kappa shape index (κ1) is 21.0. The topological polar surface area (TPSA) is 79.8 Å². The number of ether oxygens (including phenoxy) is 1. The summed E-state index contributed by atoms with van der Waals surface area (Å²) in [4.78, 5) is 17.6. The summed E-state index contributed by atoms with van der Waals surface area (Å²) in [6.45, 7) is 8.57. The Labute approximate surface area is 190 Å². The second-order valence-corrected chi connectivity index (χ2v) is 15.8. The zero-order chi connectivity index (χ0) is 22.5. The maximum absolute atomic E-state index is 13.2. The molecule has 0 aliphatic rings. The number of rotatable bonds is 7. The fourth-order valence-electron chi connectivity index (χ4n) is 3.95. The molecule has 166 valence electrons.